The number of nitrogens with two attached hydrogens (primary N) is 1. The Bertz CT molecular complexity index is 243. The highest BCUT2D eigenvalue weighted by Gasteiger charge is 2.48. The first-order chi connectivity index (χ1) is 8.11. The Labute approximate surface area is 102 Å². The van der Waals surface area contributed by atoms with Crippen molar-refractivity contribution in [2.45, 2.75) is 38.1 Å². The number of hydrogen-bond donors (Lipinski definition) is 2. The Morgan fingerprint density at radius 3 is 2.53 bits per heavy atom. The quantitative estimate of drug-likeness (QED) is 0.561. The van der Waals surface area contributed by atoms with E-state index < -0.39 is 11.5 Å². The zero-order chi connectivity index (χ0) is 12.7. The summed E-state index contributed by atoms with van der Waals surface area (Å²) in [6.45, 7) is 3.81. The van der Waals surface area contributed by atoms with E-state index in [4.69, 9.17) is 20.3 Å². The minimum atomic E-state index is -1.20. The van der Waals surface area contributed by atoms with Gasteiger partial charge in [-0.3, -0.25) is 4.79 Å². The van der Waals surface area contributed by atoms with Gasteiger partial charge in [-0.15, -0.1) is 0 Å². The van der Waals surface area contributed by atoms with E-state index in [1.807, 2.05) is 0 Å². The van der Waals surface area contributed by atoms with E-state index in [9.17, 15) is 4.79 Å². The van der Waals surface area contributed by atoms with Gasteiger partial charge in [0, 0.05) is 6.61 Å². The highest BCUT2D eigenvalue weighted by Crippen LogP contribution is 2.38. The van der Waals surface area contributed by atoms with Crippen molar-refractivity contribution in [2.24, 2.45) is 11.7 Å². The minimum absolute atomic E-state index is 0.0704. The van der Waals surface area contributed by atoms with Crippen molar-refractivity contribution in [3.63, 3.8) is 0 Å². The van der Waals surface area contributed by atoms with Crippen LogP contribution in [0.4, 0.5) is 0 Å². The topological polar surface area (TPSA) is 81.8 Å². The second-order valence-corrected chi connectivity index (χ2v) is 4.64. The Balaban J connectivity index is 2.09. The van der Waals surface area contributed by atoms with Crippen LogP contribution in [0.2, 0.25) is 0 Å². The smallest absolute Gasteiger partial charge is 0.326 e. The molecule has 5 heteroatoms. The van der Waals surface area contributed by atoms with E-state index in [2.05, 4.69) is 6.92 Å². The molecule has 1 fully saturated rings. The fourth-order valence-corrected chi connectivity index (χ4v) is 1.66. The first-order valence-corrected chi connectivity index (χ1v) is 6.29. The molecule has 0 spiro atoms. The molecule has 100 valence electrons. The third-order valence-electron chi connectivity index (χ3n) is 3.06. The van der Waals surface area contributed by atoms with Crippen LogP contribution in [0.25, 0.3) is 0 Å². The van der Waals surface area contributed by atoms with Gasteiger partial charge in [0.2, 0.25) is 0 Å². The fourth-order valence-electron chi connectivity index (χ4n) is 1.66. The van der Waals surface area contributed by atoms with Crippen molar-refractivity contribution >= 4 is 5.97 Å². The standard InChI is InChI=1S/C12H23NO4/c1-2-3-6-16-7-8-17-9-12(13,11(14)15)10-4-5-10/h10H,2-9,13H2,1H3,(H,14,15). The first kappa shape index (κ1) is 14.4. The van der Waals surface area contributed by atoms with Gasteiger partial charge < -0.3 is 20.3 Å². The fraction of sp³-hybridized carbons (Fsp3) is 0.917. The molecule has 0 amide bonds. The second-order valence-electron chi connectivity index (χ2n) is 4.64. The molecule has 0 saturated heterocycles. The second kappa shape index (κ2) is 6.93. The summed E-state index contributed by atoms with van der Waals surface area (Å²) in [5.74, 6) is -0.895. The van der Waals surface area contributed by atoms with Crippen LogP contribution in [0.1, 0.15) is 32.6 Å². The highest BCUT2D eigenvalue weighted by atomic mass is 16.5. The number of unbranched alkanes of at least 4 members (excludes halogenated alkanes) is 1. The zero-order valence-electron chi connectivity index (χ0n) is 10.5. The van der Waals surface area contributed by atoms with Gasteiger partial charge in [-0.25, -0.2) is 0 Å². The van der Waals surface area contributed by atoms with Crippen LogP contribution in [-0.2, 0) is 14.3 Å². The average Bonchev–Trinajstić information content (AvgIpc) is 3.11. The van der Waals surface area contributed by atoms with Crippen LogP contribution >= 0.6 is 0 Å². The van der Waals surface area contributed by atoms with E-state index in [0.717, 1.165) is 32.3 Å². The summed E-state index contributed by atoms with van der Waals surface area (Å²) in [5.41, 5.74) is 4.64. The molecule has 0 aromatic rings. The molecule has 1 atom stereocenters. The molecule has 1 unspecified atom stereocenters. The van der Waals surface area contributed by atoms with Crippen LogP contribution in [0, 0.1) is 5.92 Å². The zero-order valence-corrected chi connectivity index (χ0v) is 10.5. The molecule has 1 aliphatic rings. The van der Waals surface area contributed by atoms with Gasteiger partial charge in [-0.05, 0) is 25.2 Å². The van der Waals surface area contributed by atoms with Gasteiger partial charge in [0.05, 0.1) is 19.8 Å². The summed E-state index contributed by atoms with van der Waals surface area (Å²) < 4.78 is 10.6. The van der Waals surface area contributed by atoms with Crippen molar-refractivity contribution in [3.05, 3.63) is 0 Å². The Kier molecular flexibility index (Phi) is 5.88. The molecule has 0 heterocycles. The van der Waals surface area contributed by atoms with E-state index in [1.165, 1.54) is 0 Å². The Hall–Kier alpha value is -0.650. The largest absolute Gasteiger partial charge is 0.480 e. The number of carboxylic acid groups (broad SMARTS) is 1. The maximum absolute atomic E-state index is 11.1. The summed E-state index contributed by atoms with van der Waals surface area (Å²) in [5, 5.41) is 9.08. The van der Waals surface area contributed by atoms with Gasteiger partial charge in [0.25, 0.3) is 0 Å². The number of ether oxygens (including phenoxy) is 2. The van der Waals surface area contributed by atoms with Crippen LogP contribution in [-0.4, -0.2) is 43.0 Å². The van der Waals surface area contributed by atoms with Crippen molar-refractivity contribution in [3.8, 4) is 0 Å². The molecular formula is C12H23NO4. The molecule has 0 radical (unpaired) electrons. The number of rotatable bonds is 10. The molecule has 17 heavy (non-hydrogen) atoms. The lowest BCUT2D eigenvalue weighted by atomic mass is 9.96. The summed E-state index contributed by atoms with van der Waals surface area (Å²) in [7, 11) is 0. The maximum Gasteiger partial charge on any atom is 0.326 e. The Morgan fingerprint density at radius 1 is 1.35 bits per heavy atom. The van der Waals surface area contributed by atoms with Crippen molar-refractivity contribution in [2.75, 3.05) is 26.4 Å². The number of hydrogen-bond acceptors (Lipinski definition) is 4. The van der Waals surface area contributed by atoms with Crippen molar-refractivity contribution < 1.29 is 19.4 Å². The SMILES string of the molecule is CCCCOCCOCC(N)(C(=O)O)C1CC1. The Morgan fingerprint density at radius 2 is 2.00 bits per heavy atom. The summed E-state index contributed by atoms with van der Waals surface area (Å²) in [4.78, 5) is 11.1. The van der Waals surface area contributed by atoms with Gasteiger partial charge in [0.15, 0.2) is 0 Å². The van der Waals surface area contributed by atoms with E-state index in [1.54, 1.807) is 0 Å². The van der Waals surface area contributed by atoms with Crippen molar-refractivity contribution in [1.82, 2.24) is 0 Å². The minimum Gasteiger partial charge on any atom is -0.480 e. The molecular weight excluding hydrogens is 222 g/mol. The summed E-state index contributed by atoms with van der Waals surface area (Å²) in [6.07, 6.45) is 3.92. The van der Waals surface area contributed by atoms with Crippen molar-refractivity contribution in [1.29, 1.82) is 0 Å². The maximum atomic E-state index is 11.1. The molecule has 0 bridgehead atoms. The van der Waals surface area contributed by atoms with E-state index in [0.29, 0.717) is 13.2 Å². The molecule has 1 rings (SSSR count). The number of aliphatic carboxylic acids is 1. The van der Waals surface area contributed by atoms with Crippen LogP contribution in [0.5, 0.6) is 0 Å². The lowest BCUT2D eigenvalue weighted by molar-refractivity contribution is -0.147. The van der Waals surface area contributed by atoms with Crippen LogP contribution in [0.3, 0.4) is 0 Å². The van der Waals surface area contributed by atoms with Crippen LogP contribution < -0.4 is 5.73 Å². The average molecular weight is 245 g/mol. The highest BCUT2D eigenvalue weighted by molar-refractivity contribution is 5.79. The third-order valence-corrected chi connectivity index (χ3v) is 3.06. The molecule has 3 N–H and O–H groups in total. The van der Waals surface area contributed by atoms with E-state index >= 15 is 0 Å². The number of carbonyl (C=O) groups is 1. The first-order valence-electron chi connectivity index (χ1n) is 6.29. The lowest BCUT2D eigenvalue weighted by Crippen LogP contribution is -2.54. The molecule has 1 saturated carbocycles. The van der Waals surface area contributed by atoms with Gasteiger partial charge >= 0.3 is 5.97 Å². The van der Waals surface area contributed by atoms with E-state index in [-0.39, 0.29) is 12.5 Å². The summed E-state index contributed by atoms with van der Waals surface area (Å²) in [6, 6.07) is 0. The molecule has 0 aromatic heterocycles. The molecule has 0 aromatic carbocycles. The molecule has 5 nitrogen and oxygen atoms in total. The molecule has 1 aliphatic carbocycles. The predicted molar refractivity (Wildman–Crippen MR) is 63.8 cm³/mol. The lowest BCUT2D eigenvalue weighted by Gasteiger charge is -2.24. The monoisotopic (exact) mass is 245 g/mol. The normalized spacial score (nSPS) is 18.9. The predicted octanol–water partition coefficient (Wildman–Crippen LogP) is 1.01. The van der Waals surface area contributed by atoms with Gasteiger partial charge in [-0.2, -0.15) is 0 Å². The summed E-state index contributed by atoms with van der Waals surface area (Å²) >= 11 is 0. The van der Waals surface area contributed by atoms with Crippen LogP contribution in [0.15, 0.2) is 0 Å². The third kappa shape index (κ3) is 4.61. The van der Waals surface area contributed by atoms with Gasteiger partial charge in [-0.1, -0.05) is 13.3 Å². The number of carboxylic acids is 1. The molecule has 0 aliphatic heterocycles. The van der Waals surface area contributed by atoms with Gasteiger partial charge in [0.1, 0.15) is 5.54 Å².